The Balaban J connectivity index is 0. The van der Waals surface area contributed by atoms with Crippen LogP contribution in [0.5, 0.6) is 0 Å². The van der Waals surface area contributed by atoms with Crippen molar-refractivity contribution >= 4 is 0 Å². The molecule has 0 aliphatic carbocycles. The summed E-state index contributed by atoms with van der Waals surface area (Å²) in [6, 6.07) is 0. The van der Waals surface area contributed by atoms with Crippen LogP contribution in [-0.4, -0.2) is 17.3 Å². The molecule has 0 unspecified atom stereocenters. The minimum atomic E-state index is 0. The van der Waals surface area contributed by atoms with Crippen molar-refractivity contribution < 1.29 is 15.6 Å². The van der Waals surface area contributed by atoms with Crippen LogP contribution in [0.25, 0.3) is 0 Å². The zero-order chi connectivity index (χ0) is 4.12. The van der Waals surface area contributed by atoms with Crippen LogP contribution < -0.4 is 0 Å². The van der Waals surface area contributed by atoms with Gasteiger partial charge in [0.05, 0.1) is 6.61 Å². The van der Waals surface area contributed by atoms with Gasteiger partial charge in [0.15, 0.2) is 0 Å². The third-order valence-corrected chi connectivity index (χ3v) is 0.192. The molecule has 0 aromatic heterocycles. The van der Waals surface area contributed by atoms with Gasteiger partial charge >= 0.3 is 0 Å². The largest absolute Gasteiger partial charge is 0.412 e. The fourth-order valence-corrected chi connectivity index (χ4v) is 0.0527. The molecule has 0 saturated heterocycles. The van der Waals surface area contributed by atoms with E-state index in [1.165, 1.54) is 6.08 Å². The molecule has 0 aliphatic rings. The van der Waals surface area contributed by atoms with Crippen molar-refractivity contribution in [3.63, 3.8) is 0 Å². The van der Waals surface area contributed by atoms with Crippen LogP contribution in [-0.2, 0) is 4.89 Å². The van der Waals surface area contributed by atoms with Crippen molar-refractivity contribution in [1.29, 1.82) is 0 Å². The Morgan fingerprint density at radius 3 is 2.33 bits per heavy atom. The number of hydrogen-bond donors (Lipinski definition) is 1. The maximum absolute atomic E-state index is 7.50. The van der Waals surface area contributed by atoms with E-state index in [9.17, 15) is 0 Å². The van der Waals surface area contributed by atoms with Crippen molar-refractivity contribution in [2.45, 2.75) is 0 Å². The van der Waals surface area contributed by atoms with Gasteiger partial charge in [-0.05, 0) is 0 Å². The van der Waals surface area contributed by atoms with Crippen molar-refractivity contribution in [2.75, 3.05) is 6.61 Å². The van der Waals surface area contributed by atoms with E-state index in [1.807, 2.05) is 0 Å². The summed E-state index contributed by atoms with van der Waals surface area (Å²) in [5.74, 6) is 0. The number of hydrogen-bond acceptors (Lipinski definition) is 2. The van der Waals surface area contributed by atoms with Crippen molar-refractivity contribution in [3.8, 4) is 0 Å². The second-order valence-corrected chi connectivity index (χ2v) is 0.584. The van der Waals surface area contributed by atoms with Gasteiger partial charge < -0.3 is 5.48 Å². The van der Waals surface area contributed by atoms with Crippen LogP contribution in [0.4, 0.5) is 0 Å². The molecule has 3 nitrogen and oxygen atoms in total. The monoisotopic (exact) mass is 92.0 g/mol. The molecule has 0 heterocycles. The van der Waals surface area contributed by atoms with Crippen molar-refractivity contribution in [3.05, 3.63) is 12.7 Å². The topological polar surface area (TPSA) is 61.0 Å². The molecule has 6 heavy (non-hydrogen) atoms. The van der Waals surface area contributed by atoms with Gasteiger partial charge in [-0.15, -0.1) is 6.58 Å². The maximum atomic E-state index is 7.50. The Morgan fingerprint density at radius 2 is 2.33 bits per heavy atom. The fourth-order valence-electron chi connectivity index (χ4n) is 0.0527. The zero-order valence-corrected chi connectivity index (χ0v) is 3.35. The Bertz CT molecular complexity index is 27.2. The highest BCUT2D eigenvalue weighted by Crippen LogP contribution is 1.60. The first-order valence-corrected chi connectivity index (χ1v) is 1.29. The summed E-state index contributed by atoms with van der Waals surface area (Å²) in [6.45, 7) is 3.47. The predicted molar refractivity (Wildman–Crippen MR) is 22.4 cm³/mol. The summed E-state index contributed by atoms with van der Waals surface area (Å²) in [5, 5.41) is 7.50. The van der Waals surface area contributed by atoms with Gasteiger partial charge in [0.2, 0.25) is 0 Å². The van der Waals surface area contributed by atoms with E-state index in [0.717, 1.165) is 0 Å². The van der Waals surface area contributed by atoms with Crippen LogP contribution in [0.2, 0.25) is 0 Å². The molecule has 38 valence electrons. The molecule has 3 heteroatoms. The van der Waals surface area contributed by atoms with Gasteiger partial charge in [0.25, 0.3) is 0 Å². The smallest absolute Gasteiger partial charge is 0.0998 e. The summed E-state index contributed by atoms with van der Waals surface area (Å²) in [5.41, 5.74) is 0. The summed E-state index contributed by atoms with van der Waals surface area (Å²) >= 11 is 0. The van der Waals surface area contributed by atoms with Gasteiger partial charge in [-0.3, -0.25) is 5.26 Å². The summed E-state index contributed by atoms with van der Waals surface area (Å²) in [6.07, 6.45) is 1.46. The summed E-state index contributed by atoms with van der Waals surface area (Å²) < 4.78 is 0. The second-order valence-electron chi connectivity index (χ2n) is 0.584. The molecule has 3 N–H and O–H groups in total. The van der Waals surface area contributed by atoms with Crippen molar-refractivity contribution in [1.82, 2.24) is 0 Å². The van der Waals surface area contributed by atoms with Crippen LogP contribution in [0.3, 0.4) is 0 Å². The van der Waals surface area contributed by atoms with Gasteiger partial charge in [0.1, 0.15) is 0 Å². The Hall–Kier alpha value is -0.380. The zero-order valence-electron chi connectivity index (χ0n) is 3.35. The Labute approximate surface area is 36.1 Å². The van der Waals surface area contributed by atoms with E-state index in [-0.39, 0.29) is 12.1 Å². The van der Waals surface area contributed by atoms with Crippen LogP contribution >= 0.6 is 0 Å². The standard InChI is InChI=1S/C3H6O2.H2O/c1-2-3-5-4;/h2,4H,1,3H2;1H2. The Morgan fingerprint density at radius 1 is 1.83 bits per heavy atom. The Kier molecular flexibility index (Phi) is 13.5. The molecule has 0 rings (SSSR count). The predicted octanol–water partition coefficient (Wildman–Crippen LogP) is -0.163. The molecule has 0 radical (unpaired) electrons. The second kappa shape index (κ2) is 8.82. The average molecular weight is 92.1 g/mol. The summed E-state index contributed by atoms with van der Waals surface area (Å²) in [7, 11) is 0. The van der Waals surface area contributed by atoms with Gasteiger partial charge in [-0.25, -0.2) is 4.89 Å². The maximum Gasteiger partial charge on any atom is 0.0998 e. The SMILES string of the molecule is C=CCOO.O. The van der Waals surface area contributed by atoms with E-state index < -0.39 is 0 Å². The normalized spacial score (nSPS) is 6.17. The quantitative estimate of drug-likeness (QED) is 0.292. The van der Waals surface area contributed by atoms with Crippen LogP contribution in [0.1, 0.15) is 0 Å². The lowest BCUT2D eigenvalue weighted by Gasteiger charge is -1.76. The highest BCUT2D eigenvalue weighted by atomic mass is 17.1. The first-order chi connectivity index (χ1) is 2.41. The third kappa shape index (κ3) is 9.47. The molecule has 0 amide bonds. The van der Waals surface area contributed by atoms with E-state index >= 15 is 0 Å². The lowest BCUT2D eigenvalue weighted by molar-refractivity contribution is -0.231. The van der Waals surface area contributed by atoms with Crippen LogP contribution in [0.15, 0.2) is 12.7 Å². The molecule has 0 fully saturated rings. The van der Waals surface area contributed by atoms with E-state index in [4.69, 9.17) is 5.26 Å². The van der Waals surface area contributed by atoms with Gasteiger partial charge in [0, 0.05) is 0 Å². The van der Waals surface area contributed by atoms with E-state index in [0.29, 0.717) is 0 Å². The number of rotatable bonds is 2. The highest BCUT2D eigenvalue weighted by Gasteiger charge is 1.60. The van der Waals surface area contributed by atoms with Gasteiger partial charge in [-0.1, -0.05) is 6.08 Å². The first-order valence-electron chi connectivity index (χ1n) is 1.29. The van der Waals surface area contributed by atoms with Crippen LogP contribution in [0, 0.1) is 0 Å². The summed E-state index contributed by atoms with van der Waals surface area (Å²) in [4.78, 5) is 3.57. The molecule has 0 atom stereocenters. The van der Waals surface area contributed by atoms with E-state index in [1.54, 1.807) is 0 Å². The molecule has 0 spiro atoms. The molecule has 0 saturated carbocycles. The molecule has 0 aliphatic heterocycles. The molecule has 0 aromatic carbocycles. The molecule has 0 aromatic rings. The minimum Gasteiger partial charge on any atom is -0.412 e. The molecule has 0 bridgehead atoms. The molecular formula is C3H8O3. The minimum absolute atomic E-state index is 0. The average Bonchev–Trinajstić information content (AvgIpc) is 1.41. The molecular weight excluding hydrogens is 84.0 g/mol. The third-order valence-electron chi connectivity index (χ3n) is 0.192. The lowest BCUT2D eigenvalue weighted by Crippen LogP contribution is -1.77. The highest BCUT2D eigenvalue weighted by molar-refractivity contribution is 4.61. The fraction of sp³-hybridized carbons (Fsp3) is 0.333. The lowest BCUT2D eigenvalue weighted by atomic mass is 10.7. The van der Waals surface area contributed by atoms with Gasteiger partial charge in [-0.2, -0.15) is 0 Å². The van der Waals surface area contributed by atoms with E-state index in [2.05, 4.69) is 11.5 Å². The van der Waals surface area contributed by atoms with Crippen molar-refractivity contribution in [2.24, 2.45) is 0 Å². The first kappa shape index (κ1) is 9.15.